The molecule has 0 rings (SSSR count). The van der Waals surface area contributed by atoms with Gasteiger partial charge in [0.2, 0.25) is 0 Å². The molecule has 0 aromatic heterocycles. The maximum atomic E-state index is 9.72. The van der Waals surface area contributed by atoms with Crippen molar-refractivity contribution in [1.29, 1.82) is 0 Å². The molecule has 0 aliphatic rings. The Morgan fingerprint density at radius 1 is 2.00 bits per heavy atom. The summed E-state index contributed by atoms with van der Waals surface area (Å²) >= 11 is 7.48. The number of hydrogen-bond donors (Lipinski definition) is 1. The molecule has 1 atom stereocenters. The van der Waals surface area contributed by atoms with Gasteiger partial charge in [0, 0.05) is 15.9 Å². The lowest BCUT2D eigenvalue weighted by molar-refractivity contribution is -0.513. The Balaban J connectivity index is 3.91. The van der Waals surface area contributed by atoms with Crippen molar-refractivity contribution in [3.05, 3.63) is 10.1 Å². The Morgan fingerprint density at radius 3 is 2.38 bits per heavy atom. The molecular formula is C2H3BrClNO3. The van der Waals surface area contributed by atoms with Crippen molar-refractivity contribution in [2.24, 2.45) is 0 Å². The minimum Gasteiger partial charge on any atom is -0.386 e. The third-order valence-electron chi connectivity index (χ3n) is 0.457. The first-order valence-corrected chi connectivity index (χ1v) is 2.81. The van der Waals surface area contributed by atoms with Gasteiger partial charge in [-0.1, -0.05) is 0 Å². The van der Waals surface area contributed by atoms with Crippen LogP contribution in [0.5, 0.6) is 0 Å². The molecule has 0 aliphatic carbocycles. The lowest BCUT2D eigenvalue weighted by Gasteiger charge is -2.04. The van der Waals surface area contributed by atoms with E-state index in [1.807, 2.05) is 0 Å². The molecule has 0 spiro atoms. The van der Waals surface area contributed by atoms with Crippen molar-refractivity contribution < 1.29 is 10.0 Å². The van der Waals surface area contributed by atoms with Gasteiger partial charge in [-0.15, -0.1) is 0 Å². The minimum atomic E-state index is -1.90. The second-order valence-corrected chi connectivity index (χ2v) is 3.47. The van der Waals surface area contributed by atoms with E-state index in [2.05, 4.69) is 15.9 Å². The van der Waals surface area contributed by atoms with Gasteiger partial charge in [-0.3, -0.25) is 10.1 Å². The van der Waals surface area contributed by atoms with E-state index < -0.39 is 15.4 Å². The molecule has 0 radical (unpaired) electrons. The van der Waals surface area contributed by atoms with Gasteiger partial charge >= 0.3 is 3.91 Å². The fourth-order valence-corrected chi connectivity index (χ4v) is 0.0577. The zero-order valence-corrected chi connectivity index (χ0v) is 6.02. The van der Waals surface area contributed by atoms with Crippen molar-refractivity contribution in [2.75, 3.05) is 6.61 Å². The van der Waals surface area contributed by atoms with Crippen LogP contribution >= 0.6 is 27.5 Å². The lowest BCUT2D eigenvalue weighted by atomic mass is 10.7. The average molecular weight is 204 g/mol. The number of hydrogen-bond acceptors (Lipinski definition) is 3. The minimum absolute atomic E-state index is 0.735. The van der Waals surface area contributed by atoms with Gasteiger partial charge in [0.05, 0.1) is 4.92 Å². The van der Waals surface area contributed by atoms with Crippen molar-refractivity contribution in [3.63, 3.8) is 0 Å². The topological polar surface area (TPSA) is 63.4 Å². The molecule has 0 bridgehead atoms. The van der Waals surface area contributed by atoms with Crippen LogP contribution in [0.2, 0.25) is 0 Å². The van der Waals surface area contributed by atoms with Gasteiger partial charge in [0.1, 0.15) is 6.61 Å². The highest BCUT2D eigenvalue weighted by molar-refractivity contribution is 9.10. The number of halogens is 2. The maximum Gasteiger partial charge on any atom is 0.370 e. The van der Waals surface area contributed by atoms with Crippen LogP contribution in [-0.2, 0) is 0 Å². The fraction of sp³-hybridized carbons (Fsp3) is 1.00. The summed E-state index contributed by atoms with van der Waals surface area (Å²) in [4.78, 5) is 8.89. The summed E-state index contributed by atoms with van der Waals surface area (Å²) in [7, 11) is 0. The molecule has 0 fully saturated rings. The van der Waals surface area contributed by atoms with Crippen molar-refractivity contribution in [1.82, 2.24) is 0 Å². The van der Waals surface area contributed by atoms with Crippen LogP contribution in [0.25, 0.3) is 0 Å². The predicted molar refractivity (Wildman–Crippen MR) is 31.6 cm³/mol. The van der Waals surface area contributed by atoms with E-state index in [1.165, 1.54) is 0 Å². The summed E-state index contributed by atoms with van der Waals surface area (Å²) in [6.45, 7) is -0.735. The van der Waals surface area contributed by atoms with E-state index in [-0.39, 0.29) is 0 Å². The van der Waals surface area contributed by atoms with Crippen LogP contribution in [0.3, 0.4) is 0 Å². The highest BCUT2D eigenvalue weighted by Crippen LogP contribution is 2.22. The average Bonchev–Trinajstić information content (AvgIpc) is 1.67. The van der Waals surface area contributed by atoms with Crippen LogP contribution in [-0.4, -0.2) is 20.5 Å². The summed E-state index contributed by atoms with van der Waals surface area (Å²) in [6, 6.07) is 0. The number of rotatable bonds is 2. The Morgan fingerprint density at radius 2 is 2.38 bits per heavy atom. The summed E-state index contributed by atoms with van der Waals surface area (Å²) in [6.07, 6.45) is 0. The quantitative estimate of drug-likeness (QED) is 0.309. The van der Waals surface area contributed by atoms with Crippen LogP contribution in [0.1, 0.15) is 0 Å². The maximum absolute atomic E-state index is 9.72. The first-order valence-electron chi connectivity index (χ1n) is 1.64. The van der Waals surface area contributed by atoms with Gasteiger partial charge in [-0.25, -0.2) is 0 Å². The predicted octanol–water partition coefficient (Wildman–Crippen LogP) is 0.543. The van der Waals surface area contributed by atoms with Crippen molar-refractivity contribution in [2.45, 2.75) is 3.91 Å². The Kier molecular flexibility index (Phi) is 2.65. The molecule has 48 valence electrons. The van der Waals surface area contributed by atoms with Crippen molar-refractivity contribution in [3.8, 4) is 0 Å². The highest BCUT2D eigenvalue weighted by atomic mass is 79.9. The lowest BCUT2D eigenvalue weighted by Crippen LogP contribution is -2.28. The van der Waals surface area contributed by atoms with Gasteiger partial charge in [-0.05, 0) is 11.6 Å². The highest BCUT2D eigenvalue weighted by Gasteiger charge is 2.35. The summed E-state index contributed by atoms with van der Waals surface area (Å²) in [5.74, 6) is 0. The number of nitro groups is 1. The molecular weight excluding hydrogens is 201 g/mol. The molecule has 0 saturated heterocycles. The monoisotopic (exact) mass is 203 g/mol. The fourth-order valence-electron chi connectivity index (χ4n) is 0.0577. The standard InChI is InChI=1S/C2H3BrClNO3/c3-2(4,1-6)5(7)8/h6H,1H2. The van der Waals surface area contributed by atoms with E-state index in [0.29, 0.717) is 0 Å². The van der Waals surface area contributed by atoms with Gasteiger partial charge in [-0.2, -0.15) is 0 Å². The molecule has 1 unspecified atom stereocenters. The van der Waals surface area contributed by atoms with E-state index in [9.17, 15) is 10.1 Å². The Bertz CT molecular complexity index is 105. The summed E-state index contributed by atoms with van der Waals surface area (Å²) in [5.41, 5.74) is 0. The largest absolute Gasteiger partial charge is 0.386 e. The molecule has 8 heavy (non-hydrogen) atoms. The van der Waals surface area contributed by atoms with E-state index in [1.54, 1.807) is 0 Å². The van der Waals surface area contributed by atoms with Crippen LogP contribution in [0.4, 0.5) is 0 Å². The zero-order valence-electron chi connectivity index (χ0n) is 3.67. The number of nitrogens with zero attached hydrogens (tertiary/aromatic N) is 1. The number of aliphatic hydroxyl groups excluding tert-OH is 1. The van der Waals surface area contributed by atoms with Gasteiger partial charge in [0.25, 0.3) is 0 Å². The van der Waals surface area contributed by atoms with Crippen molar-refractivity contribution >= 4 is 27.5 Å². The van der Waals surface area contributed by atoms with Crippen LogP contribution < -0.4 is 0 Å². The molecule has 0 aromatic rings. The Labute approximate surface area is 58.7 Å². The molecule has 1 N–H and O–H groups in total. The zero-order chi connectivity index (χ0) is 6.78. The first-order chi connectivity index (χ1) is 3.50. The molecule has 4 nitrogen and oxygen atoms in total. The van der Waals surface area contributed by atoms with Gasteiger partial charge < -0.3 is 5.11 Å². The van der Waals surface area contributed by atoms with E-state index >= 15 is 0 Å². The SMILES string of the molecule is O=[N+]([O-])C(Cl)(Br)CO. The number of alkyl halides is 2. The smallest absolute Gasteiger partial charge is 0.370 e. The molecule has 0 aromatic carbocycles. The summed E-state index contributed by atoms with van der Waals surface area (Å²) in [5, 5.41) is 17.9. The molecule has 6 heteroatoms. The van der Waals surface area contributed by atoms with E-state index in [4.69, 9.17) is 16.7 Å². The second-order valence-electron chi connectivity index (χ2n) is 1.08. The second kappa shape index (κ2) is 2.61. The van der Waals surface area contributed by atoms with Gasteiger partial charge in [0.15, 0.2) is 0 Å². The molecule has 0 heterocycles. The van der Waals surface area contributed by atoms with Crippen LogP contribution in [0, 0.1) is 10.1 Å². The summed E-state index contributed by atoms with van der Waals surface area (Å²) < 4.78 is -1.90. The normalized spacial score (nSPS) is 17.4. The third kappa shape index (κ3) is 1.94. The third-order valence-corrected chi connectivity index (χ3v) is 1.26. The van der Waals surface area contributed by atoms with E-state index in [0.717, 1.165) is 0 Å². The Hall–Kier alpha value is 0.130. The molecule has 0 saturated carbocycles. The molecule has 0 aliphatic heterocycles. The number of aliphatic hydroxyl groups is 1. The first kappa shape index (κ1) is 8.13. The molecule has 0 amide bonds. The van der Waals surface area contributed by atoms with Crippen LogP contribution in [0.15, 0.2) is 0 Å².